The Hall–Kier alpha value is -1.39. The van der Waals surface area contributed by atoms with E-state index in [2.05, 4.69) is 5.32 Å². The summed E-state index contributed by atoms with van der Waals surface area (Å²) in [6.45, 7) is 0.535. The van der Waals surface area contributed by atoms with Crippen molar-refractivity contribution in [2.45, 2.75) is 0 Å². The van der Waals surface area contributed by atoms with E-state index in [4.69, 9.17) is 23.7 Å². The van der Waals surface area contributed by atoms with Gasteiger partial charge < -0.3 is 16.8 Å². The molecule has 0 bridgehead atoms. The molecule has 5 N–H and O–H groups in total. The van der Waals surface area contributed by atoms with E-state index in [-0.39, 0.29) is 5.11 Å². The Morgan fingerprint density at radius 2 is 2.29 bits per heavy atom. The standard InChI is InChI=1S/C10H13N3S/c11-6-2-4-8-3-1-5-9(7-8)13-10(12)14/h1-5,7H,6,11H2,(H3,12,13,14). The summed E-state index contributed by atoms with van der Waals surface area (Å²) in [5.41, 5.74) is 12.7. The molecule has 0 aliphatic carbocycles. The van der Waals surface area contributed by atoms with Gasteiger partial charge in [0.05, 0.1) is 0 Å². The molecule has 1 rings (SSSR count). The Balaban J connectivity index is 2.78. The van der Waals surface area contributed by atoms with E-state index in [1.807, 2.05) is 36.4 Å². The van der Waals surface area contributed by atoms with E-state index in [0.29, 0.717) is 6.54 Å². The van der Waals surface area contributed by atoms with Gasteiger partial charge in [-0.2, -0.15) is 0 Å². The third-order valence-electron chi connectivity index (χ3n) is 1.60. The second-order valence-corrected chi connectivity index (χ2v) is 3.19. The van der Waals surface area contributed by atoms with Crippen molar-refractivity contribution in [3.05, 3.63) is 35.9 Å². The fourth-order valence-electron chi connectivity index (χ4n) is 1.07. The molecule has 0 unspecified atom stereocenters. The van der Waals surface area contributed by atoms with Crippen LogP contribution >= 0.6 is 12.2 Å². The molecule has 0 atom stereocenters. The highest BCUT2D eigenvalue weighted by molar-refractivity contribution is 7.80. The Labute approximate surface area is 88.8 Å². The largest absolute Gasteiger partial charge is 0.376 e. The lowest BCUT2D eigenvalue weighted by Crippen LogP contribution is -2.18. The van der Waals surface area contributed by atoms with E-state index < -0.39 is 0 Å². The number of anilines is 1. The first-order valence-electron chi connectivity index (χ1n) is 4.25. The molecular weight excluding hydrogens is 194 g/mol. The van der Waals surface area contributed by atoms with Crippen molar-refractivity contribution >= 4 is 29.1 Å². The van der Waals surface area contributed by atoms with Crippen molar-refractivity contribution in [1.82, 2.24) is 0 Å². The first-order valence-corrected chi connectivity index (χ1v) is 4.66. The van der Waals surface area contributed by atoms with E-state index in [1.54, 1.807) is 0 Å². The average Bonchev–Trinajstić information content (AvgIpc) is 2.14. The molecule has 0 saturated carbocycles. The number of nitrogens with two attached hydrogens (primary N) is 2. The predicted octanol–water partition coefficient (Wildman–Crippen LogP) is 1.31. The van der Waals surface area contributed by atoms with Crippen LogP contribution in [0.5, 0.6) is 0 Å². The lowest BCUT2D eigenvalue weighted by atomic mass is 10.2. The van der Waals surface area contributed by atoms with Crippen molar-refractivity contribution in [1.29, 1.82) is 0 Å². The van der Waals surface area contributed by atoms with Crippen LogP contribution in [-0.4, -0.2) is 11.7 Å². The van der Waals surface area contributed by atoms with Gasteiger partial charge in [-0.15, -0.1) is 0 Å². The highest BCUT2D eigenvalue weighted by atomic mass is 32.1. The second-order valence-electron chi connectivity index (χ2n) is 2.75. The number of hydrogen-bond acceptors (Lipinski definition) is 2. The lowest BCUT2D eigenvalue weighted by Gasteiger charge is -2.03. The van der Waals surface area contributed by atoms with E-state index in [0.717, 1.165) is 11.3 Å². The maximum atomic E-state index is 5.36. The fourth-order valence-corrected chi connectivity index (χ4v) is 1.18. The van der Waals surface area contributed by atoms with Gasteiger partial charge >= 0.3 is 0 Å². The van der Waals surface area contributed by atoms with Crippen molar-refractivity contribution in [3.63, 3.8) is 0 Å². The normalized spacial score (nSPS) is 10.4. The van der Waals surface area contributed by atoms with Crippen LogP contribution in [0.25, 0.3) is 6.08 Å². The summed E-state index contributed by atoms with van der Waals surface area (Å²) < 4.78 is 0. The van der Waals surface area contributed by atoms with E-state index >= 15 is 0 Å². The Morgan fingerprint density at radius 1 is 1.50 bits per heavy atom. The zero-order valence-corrected chi connectivity index (χ0v) is 8.55. The van der Waals surface area contributed by atoms with Crippen molar-refractivity contribution in [3.8, 4) is 0 Å². The maximum Gasteiger partial charge on any atom is 0.168 e. The summed E-state index contributed by atoms with van der Waals surface area (Å²) in [6, 6.07) is 7.76. The minimum atomic E-state index is 0.268. The summed E-state index contributed by atoms with van der Waals surface area (Å²) in [7, 11) is 0. The molecule has 3 nitrogen and oxygen atoms in total. The van der Waals surface area contributed by atoms with Crippen LogP contribution in [0, 0.1) is 0 Å². The van der Waals surface area contributed by atoms with Gasteiger partial charge in [-0.3, -0.25) is 0 Å². The van der Waals surface area contributed by atoms with E-state index in [1.165, 1.54) is 0 Å². The molecule has 74 valence electrons. The number of benzene rings is 1. The predicted molar refractivity (Wildman–Crippen MR) is 64.9 cm³/mol. The molecular formula is C10H13N3S. The van der Waals surface area contributed by atoms with Crippen LogP contribution < -0.4 is 16.8 Å². The van der Waals surface area contributed by atoms with Crippen molar-refractivity contribution in [2.75, 3.05) is 11.9 Å². The van der Waals surface area contributed by atoms with Crippen LogP contribution in [-0.2, 0) is 0 Å². The van der Waals surface area contributed by atoms with Crippen molar-refractivity contribution < 1.29 is 0 Å². The summed E-state index contributed by atoms with van der Waals surface area (Å²) in [4.78, 5) is 0. The quantitative estimate of drug-likeness (QED) is 0.654. The molecule has 0 aromatic heterocycles. The zero-order chi connectivity index (χ0) is 10.4. The maximum absolute atomic E-state index is 5.36. The number of nitrogens with one attached hydrogen (secondary N) is 1. The monoisotopic (exact) mass is 207 g/mol. The smallest absolute Gasteiger partial charge is 0.168 e. The van der Waals surface area contributed by atoms with Gasteiger partial charge in [-0.1, -0.05) is 24.3 Å². The van der Waals surface area contributed by atoms with Crippen molar-refractivity contribution in [2.24, 2.45) is 11.5 Å². The summed E-state index contributed by atoms with van der Waals surface area (Å²) in [5.74, 6) is 0. The fraction of sp³-hybridized carbons (Fsp3) is 0.100. The van der Waals surface area contributed by atoms with Crippen LogP contribution in [0.3, 0.4) is 0 Å². The summed E-state index contributed by atoms with van der Waals surface area (Å²) >= 11 is 4.74. The topological polar surface area (TPSA) is 64.1 Å². The molecule has 0 aliphatic rings. The first kappa shape index (κ1) is 10.7. The molecule has 1 aromatic carbocycles. The highest BCUT2D eigenvalue weighted by Gasteiger charge is 1.93. The molecule has 0 amide bonds. The Morgan fingerprint density at radius 3 is 2.93 bits per heavy atom. The number of rotatable bonds is 3. The molecule has 0 fully saturated rings. The zero-order valence-electron chi connectivity index (χ0n) is 7.73. The molecule has 0 aliphatic heterocycles. The number of hydrogen-bond donors (Lipinski definition) is 3. The third-order valence-corrected chi connectivity index (χ3v) is 1.70. The van der Waals surface area contributed by atoms with Gasteiger partial charge in [0.25, 0.3) is 0 Å². The molecule has 0 saturated heterocycles. The van der Waals surface area contributed by atoms with Crippen LogP contribution in [0.4, 0.5) is 5.69 Å². The van der Waals surface area contributed by atoms with Gasteiger partial charge in [-0.05, 0) is 29.9 Å². The Kier molecular flexibility index (Phi) is 4.10. The molecule has 1 aromatic rings. The van der Waals surface area contributed by atoms with Gasteiger partial charge in [0.2, 0.25) is 0 Å². The van der Waals surface area contributed by atoms with E-state index in [9.17, 15) is 0 Å². The molecule has 0 radical (unpaired) electrons. The molecule has 0 spiro atoms. The molecule has 0 heterocycles. The van der Waals surface area contributed by atoms with Gasteiger partial charge in [0.1, 0.15) is 0 Å². The third kappa shape index (κ3) is 3.55. The van der Waals surface area contributed by atoms with Gasteiger partial charge in [0.15, 0.2) is 5.11 Å². The van der Waals surface area contributed by atoms with Crippen LogP contribution in [0.1, 0.15) is 5.56 Å². The summed E-state index contributed by atoms with van der Waals surface area (Å²) in [6.07, 6.45) is 3.84. The van der Waals surface area contributed by atoms with Crippen LogP contribution in [0.2, 0.25) is 0 Å². The minimum absolute atomic E-state index is 0.268. The van der Waals surface area contributed by atoms with Gasteiger partial charge in [-0.25, -0.2) is 0 Å². The molecule has 4 heteroatoms. The average molecular weight is 207 g/mol. The van der Waals surface area contributed by atoms with Crippen LogP contribution in [0.15, 0.2) is 30.3 Å². The highest BCUT2D eigenvalue weighted by Crippen LogP contribution is 2.11. The first-order chi connectivity index (χ1) is 6.72. The lowest BCUT2D eigenvalue weighted by molar-refractivity contribution is 1.26. The SMILES string of the molecule is NCC=Cc1cccc(NC(N)=S)c1. The Bertz CT molecular complexity index is 347. The molecule has 14 heavy (non-hydrogen) atoms. The minimum Gasteiger partial charge on any atom is -0.376 e. The van der Waals surface area contributed by atoms with Gasteiger partial charge in [0, 0.05) is 12.2 Å². The summed E-state index contributed by atoms with van der Waals surface area (Å²) in [5, 5.41) is 3.13. The second kappa shape index (κ2) is 5.36. The number of thiocarbonyl (C=S) groups is 1.